The van der Waals surface area contributed by atoms with Crippen LogP contribution in [-0.4, -0.2) is 26.1 Å². The van der Waals surface area contributed by atoms with Crippen LogP contribution in [0.2, 0.25) is 0 Å². The molecule has 3 aromatic carbocycles. The molecule has 1 aliphatic heterocycles. The molecule has 168 valence electrons. The van der Waals surface area contributed by atoms with Crippen molar-refractivity contribution in [1.29, 1.82) is 0 Å². The molecule has 0 saturated heterocycles. The molecular formula is C23H20N4O5S. The van der Waals surface area contributed by atoms with Gasteiger partial charge in [-0.1, -0.05) is 36.4 Å². The van der Waals surface area contributed by atoms with E-state index in [1.165, 1.54) is 36.1 Å². The molecule has 0 radical (unpaired) electrons. The Morgan fingerprint density at radius 1 is 1.00 bits per heavy atom. The van der Waals surface area contributed by atoms with Gasteiger partial charge in [-0.05, 0) is 42.0 Å². The zero-order valence-corrected chi connectivity index (χ0v) is 18.3. The van der Waals surface area contributed by atoms with Crippen molar-refractivity contribution in [3.63, 3.8) is 0 Å². The van der Waals surface area contributed by atoms with Crippen LogP contribution in [0.3, 0.4) is 0 Å². The summed E-state index contributed by atoms with van der Waals surface area (Å²) in [5, 5.41) is 10.5. The molecule has 0 spiro atoms. The maximum atomic E-state index is 13.7. The summed E-state index contributed by atoms with van der Waals surface area (Å²) in [5.41, 5.74) is 1.69. The maximum Gasteiger partial charge on any atom is 0.259 e. The molecule has 0 aromatic heterocycles. The molecule has 0 fully saturated rings. The molecule has 1 heterocycles. The summed E-state index contributed by atoms with van der Waals surface area (Å²) in [5.74, 6) is -1.30. The number of nitrogens with two attached hydrogens (primary N) is 1. The zero-order chi connectivity index (χ0) is 23.8. The van der Waals surface area contributed by atoms with Crippen LogP contribution < -0.4 is 20.7 Å². The monoisotopic (exact) mass is 464 g/mol. The number of hydrogen-bond donors (Lipinski definition) is 3. The second-order valence-electron chi connectivity index (χ2n) is 7.46. The van der Waals surface area contributed by atoms with E-state index in [-0.39, 0.29) is 22.1 Å². The van der Waals surface area contributed by atoms with E-state index in [2.05, 4.69) is 10.6 Å². The molecular weight excluding hydrogens is 444 g/mol. The fourth-order valence-corrected chi connectivity index (χ4v) is 4.23. The van der Waals surface area contributed by atoms with Crippen molar-refractivity contribution < 1.29 is 22.8 Å². The van der Waals surface area contributed by atoms with Crippen molar-refractivity contribution in [2.75, 3.05) is 15.5 Å². The molecule has 3 aromatic rings. The van der Waals surface area contributed by atoms with E-state index < -0.39 is 27.9 Å². The number of hydrogen-bond acceptors (Lipinski definition) is 5. The van der Waals surface area contributed by atoms with Crippen LogP contribution >= 0.6 is 0 Å². The van der Waals surface area contributed by atoms with Gasteiger partial charge in [-0.15, -0.1) is 0 Å². The average Bonchev–Trinajstić information content (AvgIpc) is 2.77. The van der Waals surface area contributed by atoms with E-state index in [4.69, 9.17) is 5.14 Å². The maximum absolute atomic E-state index is 13.7. The molecule has 0 aliphatic carbocycles. The van der Waals surface area contributed by atoms with Gasteiger partial charge in [0.25, 0.3) is 11.8 Å². The van der Waals surface area contributed by atoms with Gasteiger partial charge >= 0.3 is 0 Å². The lowest BCUT2D eigenvalue weighted by Crippen LogP contribution is -2.45. The molecule has 1 atom stereocenters. The summed E-state index contributed by atoms with van der Waals surface area (Å²) in [6.45, 7) is 1.36. The van der Waals surface area contributed by atoms with E-state index in [1.807, 2.05) is 0 Å². The molecule has 1 unspecified atom stereocenters. The fourth-order valence-electron chi connectivity index (χ4n) is 3.69. The second-order valence-corrected chi connectivity index (χ2v) is 9.03. The number of carbonyl (C=O) groups is 3. The predicted molar refractivity (Wildman–Crippen MR) is 123 cm³/mol. The second kappa shape index (κ2) is 8.49. The number of rotatable bonds is 4. The Morgan fingerprint density at radius 2 is 1.73 bits per heavy atom. The Morgan fingerprint density at radius 3 is 2.39 bits per heavy atom. The van der Waals surface area contributed by atoms with Gasteiger partial charge in [-0.2, -0.15) is 0 Å². The summed E-state index contributed by atoms with van der Waals surface area (Å²) in [4.78, 5) is 39.4. The highest BCUT2D eigenvalue weighted by Gasteiger charge is 2.39. The summed E-state index contributed by atoms with van der Waals surface area (Å²) in [6, 6.07) is 18.0. The molecule has 33 heavy (non-hydrogen) atoms. The SMILES string of the molecule is CC(=O)Nc1cccc(C(=O)N2c3ccc(S(N)(=O)=O)cc3NC(=O)C2c2ccccc2)c1. The molecule has 0 bridgehead atoms. The Balaban J connectivity index is 1.87. The third-order valence-corrected chi connectivity index (χ3v) is 6.00. The topological polar surface area (TPSA) is 139 Å². The van der Waals surface area contributed by atoms with E-state index in [0.29, 0.717) is 16.9 Å². The Bertz CT molecular complexity index is 1370. The summed E-state index contributed by atoms with van der Waals surface area (Å²) in [7, 11) is -4.02. The third kappa shape index (κ3) is 4.47. The summed E-state index contributed by atoms with van der Waals surface area (Å²) >= 11 is 0. The van der Waals surface area contributed by atoms with Gasteiger partial charge < -0.3 is 10.6 Å². The Kier molecular flexibility index (Phi) is 5.71. The van der Waals surface area contributed by atoms with Crippen molar-refractivity contribution in [3.05, 3.63) is 83.9 Å². The van der Waals surface area contributed by atoms with Crippen LogP contribution in [-0.2, 0) is 19.6 Å². The van der Waals surface area contributed by atoms with Gasteiger partial charge in [0, 0.05) is 18.2 Å². The van der Waals surface area contributed by atoms with Crippen LogP contribution in [0.1, 0.15) is 28.9 Å². The predicted octanol–water partition coefficient (Wildman–Crippen LogP) is 2.63. The van der Waals surface area contributed by atoms with Crippen molar-refractivity contribution in [3.8, 4) is 0 Å². The van der Waals surface area contributed by atoms with Gasteiger partial charge in [0.05, 0.1) is 16.3 Å². The van der Waals surface area contributed by atoms with E-state index in [1.54, 1.807) is 48.5 Å². The van der Waals surface area contributed by atoms with Gasteiger partial charge in [-0.25, -0.2) is 13.6 Å². The van der Waals surface area contributed by atoms with Crippen LogP contribution in [0.15, 0.2) is 77.7 Å². The number of benzene rings is 3. The standard InChI is InChI=1S/C23H20N4O5S/c1-14(28)25-17-9-5-8-16(12-17)23(30)27-20-11-10-18(33(24,31)32)13-19(20)26-22(29)21(27)15-6-3-2-4-7-15/h2-13,21H,1H3,(H,25,28)(H,26,29)(H2,24,31,32). The average molecular weight is 465 g/mol. The van der Waals surface area contributed by atoms with Crippen LogP contribution in [0.25, 0.3) is 0 Å². The Hall–Kier alpha value is -4.02. The fraction of sp³-hybridized carbons (Fsp3) is 0.0870. The number of primary sulfonamides is 1. The lowest BCUT2D eigenvalue weighted by Gasteiger charge is -2.37. The van der Waals surface area contributed by atoms with Gasteiger partial charge in [-0.3, -0.25) is 19.3 Å². The van der Waals surface area contributed by atoms with Gasteiger partial charge in [0.1, 0.15) is 6.04 Å². The van der Waals surface area contributed by atoms with Gasteiger partial charge in [0.15, 0.2) is 0 Å². The van der Waals surface area contributed by atoms with Crippen LogP contribution in [0.5, 0.6) is 0 Å². The van der Waals surface area contributed by atoms with Crippen molar-refractivity contribution in [2.45, 2.75) is 17.9 Å². The number of nitrogens with one attached hydrogen (secondary N) is 2. The summed E-state index contributed by atoms with van der Waals surface area (Å²) < 4.78 is 23.6. The normalized spacial score (nSPS) is 15.4. The van der Waals surface area contributed by atoms with Crippen molar-refractivity contribution in [2.24, 2.45) is 5.14 Å². The smallest absolute Gasteiger partial charge is 0.259 e. The Labute approximate surface area is 190 Å². The van der Waals surface area contributed by atoms with Crippen LogP contribution in [0, 0.1) is 0 Å². The number of amides is 3. The molecule has 9 nitrogen and oxygen atoms in total. The quantitative estimate of drug-likeness (QED) is 0.545. The number of fused-ring (bicyclic) bond motifs is 1. The zero-order valence-electron chi connectivity index (χ0n) is 17.5. The molecule has 3 amide bonds. The van der Waals surface area contributed by atoms with Crippen molar-refractivity contribution in [1.82, 2.24) is 0 Å². The molecule has 1 aliphatic rings. The number of nitrogens with zero attached hydrogens (tertiary/aromatic N) is 1. The first-order chi connectivity index (χ1) is 15.6. The molecule has 0 saturated carbocycles. The largest absolute Gasteiger partial charge is 0.326 e. The highest BCUT2D eigenvalue weighted by molar-refractivity contribution is 7.89. The number of anilines is 3. The van der Waals surface area contributed by atoms with E-state index in [0.717, 1.165) is 0 Å². The molecule has 4 rings (SSSR count). The number of carbonyl (C=O) groups excluding carboxylic acids is 3. The molecule has 4 N–H and O–H groups in total. The van der Waals surface area contributed by atoms with E-state index in [9.17, 15) is 22.8 Å². The molecule has 10 heteroatoms. The minimum Gasteiger partial charge on any atom is -0.326 e. The highest BCUT2D eigenvalue weighted by Crippen LogP contribution is 2.40. The lowest BCUT2D eigenvalue weighted by molar-refractivity contribution is -0.117. The minimum absolute atomic E-state index is 0.144. The third-order valence-electron chi connectivity index (χ3n) is 5.08. The van der Waals surface area contributed by atoms with E-state index >= 15 is 0 Å². The van der Waals surface area contributed by atoms with Crippen LogP contribution in [0.4, 0.5) is 17.1 Å². The van der Waals surface area contributed by atoms with Crippen molar-refractivity contribution >= 4 is 44.8 Å². The van der Waals surface area contributed by atoms with Gasteiger partial charge in [0.2, 0.25) is 15.9 Å². The first-order valence-corrected chi connectivity index (χ1v) is 11.4. The lowest BCUT2D eigenvalue weighted by atomic mass is 9.98. The minimum atomic E-state index is -4.02. The first-order valence-electron chi connectivity index (χ1n) is 9.89. The summed E-state index contributed by atoms with van der Waals surface area (Å²) in [6.07, 6.45) is 0. The highest BCUT2D eigenvalue weighted by atomic mass is 32.2. The first kappa shape index (κ1) is 22.2. The number of sulfonamides is 1.